The molecule has 0 fully saturated rings. The summed E-state index contributed by atoms with van der Waals surface area (Å²) in [5.41, 5.74) is 1.88. The Morgan fingerprint density at radius 2 is 2.18 bits per heavy atom. The zero-order valence-corrected chi connectivity index (χ0v) is 15.4. The molecule has 1 aliphatic heterocycles. The van der Waals surface area contributed by atoms with Crippen LogP contribution in [0.5, 0.6) is 5.75 Å². The second-order valence-electron chi connectivity index (χ2n) is 6.39. The van der Waals surface area contributed by atoms with E-state index in [1.165, 1.54) is 12.1 Å². The SMILES string of the molecule is O=C(CN1CC(=O)Oc2ccc(Cl)cc21)NCCc1nc2ccc(F)cc2[nH]1. The minimum Gasteiger partial charge on any atom is -0.423 e. The highest BCUT2D eigenvalue weighted by Crippen LogP contribution is 2.34. The van der Waals surface area contributed by atoms with Crippen molar-refractivity contribution >= 4 is 40.2 Å². The van der Waals surface area contributed by atoms with E-state index in [9.17, 15) is 14.0 Å². The van der Waals surface area contributed by atoms with Gasteiger partial charge in [-0.05, 0) is 36.4 Å². The number of imidazole rings is 1. The Morgan fingerprint density at radius 1 is 1.32 bits per heavy atom. The van der Waals surface area contributed by atoms with E-state index in [0.717, 1.165) is 0 Å². The number of hydrogen-bond donors (Lipinski definition) is 2. The van der Waals surface area contributed by atoms with E-state index in [2.05, 4.69) is 15.3 Å². The van der Waals surface area contributed by atoms with Crippen LogP contribution in [0, 0.1) is 5.82 Å². The fraction of sp³-hybridized carbons (Fsp3) is 0.211. The maximum absolute atomic E-state index is 13.2. The number of fused-ring (bicyclic) bond motifs is 2. The lowest BCUT2D eigenvalue weighted by Gasteiger charge is -2.29. The normalized spacial score (nSPS) is 13.4. The fourth-order valence-corrected chi connectivity index (χ4v) is 3.23. The summed E-state index contributed by atoms with van der Waals surface area (Å²) in [6, 6.07) is 9.21. The van der Waals surface area contributed by atoms with Gasteiger partial charge in [0.15, 0.2) is 5.75 Å². The molecular formula is C19H16ClFN4O3. The Morgan fingerprint density at radius 3 is 3.04 bits per heavy atom. The van der Waals surface area contributed by atoms with Crippen molar-refractivity contribution in [1.29, 1.82) is 0 Å². The van der Waals surface area contributed by atoms with Crippen LogP contribution in [0.4, 0.5) is 10.1 Å². The van der Waals surface area contributed by atoms with Crippen LogP contribution in [0.25, 0.3) is 11.0 Å². The Labute approximate surface area is 164 Å². The first-order valence-electron chi connectivity index (χ1n) is 8.64. The molecule has 0 saturated heterocycles. The van der Waals surface area contributed by atoms with Crippen molar-refractivity contribution in [2.45, 2.75) is 6.42 Å². The second kappa shape index (κ2) is 7.47. The molecule has 1 aromatic heterocycles. The molecule has 144 valence electrons. The lowest BCUT2D eigenvalue weighted by Crippen LogP contribution is -2.43. The van der Waals surface area contributed by atoms with Crippen LogP contribution >= 0.6 is 11.6 Å². The number of benzene rings is 2. The number of H-pyrrole nitrogens is 1. The van der Waals surface area contributed by atoms with E-state index >= 15 is 0 Å². The number of rotatable bonds is 5. The van der Waals surface area contributed by atoms with Crippen molar-refractivity contribution in [3.05, 3.63) is 53.1 Å². The van der Waals surface area contributed by atoms with Gasteiger partial charge in [-0.25, -0.2) is 14.2 Å². The molecule has 28 heavy (non-hydrogen) atoms. The highest BCUT2D eigenvalue weighted by atomic mass is 35.5. The number of hydrogen-bond acceptors (Lipinski definition) is 5. The molecule has 2 aromatic carbocycles. The van der Waals surface area contributed by atoms with Gasteiger partial charge in [-0.15, -0.1) is 0 Å². The summed E-state index contributed by atoms with van der Waals surface area (Å²) in [4.78, 5) is 33.0. The van der Waals surface area contributed by atoms with E-state index in [0.29, 0.717) is 46.3 Å². The third-order valence-electron chi connectivity index (χ3n) is 4.32. The summed E-state index contributed by atoms with van der Waals surface area (Å²) < 4.78 is 18.4. The van der Waals surface area contributed by atoms with Gasteiger partial charge in [0.1, 0.15) is 18.2 Å². The number of anilines is 1. The monoisotopic (exact) mass is 402 g/mol. The van der Waals surface area contributed by atoms with E-state index in [4.69, 9.17) is 16.3 Å². The average Bonchev–Trinajstić information content (AvgIpc) is 3.04. The van der Waals surface area contributed by atoms with Gasteiger partial charge < -0.3 is 19.9 Å². The van der Waals surface area contributed by atoms with E-state index in [-0.39, 0.29) is 24.8 Å². The number of carbonyl (C=O) groups is 2. The number of ether oxygens (including phenoxy) is 1. The first-order chi connectivity index (χ1) is 13.5. The van der Waals surface area contributed by atoms with Crippen LogP contribution in [-0.2, 0) is 16.0 Å². The quantitative estimate of drug-likeness (QED) is 0.505. The highest BCUT2D eigenvalue weighted by Gasteiger charge is 2.25. The number of amides is 1. The maximum Gasteiger partial charge on any atom is 0.331 e. The lowest BCUT2D eigenvalue weighted by atomic mass is 10.2. The maximum atomic E-state index is 13.2. The Kier molecular flexibility index (Phi) is 4.87. The van der Waals surface area contributed by atoms with Gasteiger partial charge in [-0.3, -0.25) is 4.79 Å². The van der Waals surface area contributed by atoms with E-state index in [1.54, 1.807) is 29.2 Å². The van der Waals surface area contributed by atoms with E-state index < -0.39 is 5.97 Å². The van der Waals surface area contributed by atoms with Crippen molar-refractivity contribution in [3.8, 4) is 5.75 Å². The molecule has 2 N–H and O–H groups in total. The standard InChI is InChI=1S/C19H16ClFN4O3/c20-11-1-4-16-15(7-11)25(10-19(27)28-16)9-18(26)22-6-5-17-23-13-3-2-12(21)8-14(13)24-17/h1-4,7-8H,5-6,9-10H2,(H,22,26)(H,23,24). The zero-order valence-electron chi connectivity index (χ0n) is 14.7. The van der Waals surface area contributed by atoms with Crippen molar-refractivity contribution in [1.82, 2.24) is 15.3 Å². The summed E-state index contributed by atoms with van der Waals surface area (Å²) >= 11 is 6.01. The predicted octanol–water partition coefficient (Wildman–Crippen LogP) is 2.44. The Balaban J connectivity index is 1.35. The molecule has 0 bridgehead atoms. The van der Waals surface area contributed by atoms with Gasteiger partial charge >= 0.3 is 5.97 Å². The molecule has 0 aliphatic carbocycles. The molecule has 4 rings (SSSR count). The minimum atomic E-state index is -0.433. The smallest absolute Gasteiger partial charge is 0.331 e. The molecule has 0 saturated carbocycles. The molecule has 0 unspecified atom stereocenters. The number of aromatic nitrogens is 2. The molecule has 2 heterocycles. The molecular weight excluding hydrogens is 387 g/mol. The molecule has 9 heteroatoms. The highest BCUT2D eigenvalue weighted by molar-refractivity contribution is 6.31. The molecule has 7 nitrogen and oxygen atoms in total. The number of nitrogens with one attached hydrogen (secondary N) is 2. The fourth-order valence-electron chi connectivity index (χ4n) is 3.06. The largest absolute Gasteiger partial charge is 0.423 e. The van der Waals surface area contributed by atoms with Gasteiger partial charge in [-0.1, -0.05) is 11.6 Å². The predicted molar refractivity (Wildman–Crippen MR) is 102 cm³/mol. The number of halogens is 2. The van der Waals surface area contributed by atoms with E-state index in [1.807, 2.05) is 0 Å². The minimum absolute atomic E-state index is 0.00617. The summed E-state index contributed by atoms with van der Waals surface area (Å²) in [6.07, 6.45) is 0.465. The van der Waals surface area contributed by atoms with Crippen molar-refractivity contribution < 1.29 is 18.7 Å². The van der Waals surface area contributed by atoms with Crippen LogP contribution in [0.15, 0.2) is 36.4 Å². The van der Waals surface area contributed by atoms with Crippen LogP contribution in [-0.4, -0.2) is 41.5 Å². The first-order valence-corrected chi connectivity index (χ1v) is 9.02. The average molecular weight is 403 g/mol. The van der Waals surface area contributed by atoms with Crippen molar-refractivity contribution in [2.75, 3.05) is 24.5 Å². The van der Waals surface area contributed by atoms with Crippen LogP contribution in [0.3, 0.4) is 0 Å². The van der Waals surface area contributed by atoms with Gasteiger partial charge in [-0.2, -0.15) is 0 Å². The van der Waals surface area contributed by atoms with Crippen LogP contribution in [0.1, 0.15) is 5.82 Å². The molecule has 0 spiro atoms. The third-order valence-corrected chi connectivity index (χ3v) is 4.55. The summed E-state index contributed by atoms with van der Waals surface area (Å²) in [5.74, 6) is 0.0129. The third kappa shape index (κ3) is 3.91. The molecule has 3 aromatic rings. The molecule has 1 amide bonds. The molecule has 0 atom stereocenters. The summed E-state index contributed by atoms with van der Waals surface area (Å²) in [6.45, 7) is 0.311. The number of aromatic amines is 1. The molecule has 1 aliphatic rings. The number of esters is 1. The van der Waals surface area contributed by atoms with Crippen molar-refractivity contribution in [2.24, 2.45) is 0 Å². The van der Waals surface area contributed by atoms with Gasteiger partial charge in [0.25, 0.3) is 0 Å². The van der Waals surface area contributed by atoms with Gasteiger partial charge in [0.05, 0.1) is 23.3 Å². The molecule has 0 radical (unpaired) electrons. The van der Waals surface area contributed by atoms with Gasteiger partial charge in [0, 0.05) is 18.0 Å². The zero-order chi connectivity index (χ0) is 19.7. The Hall–Kier alpha value is -3.13. The Bertz CT molecular complexity index is 1070. The number of nitrogens with zero attached hydrogens (tertiary/aromatic N) is 2. The second-order valence-corrected chi connectivity index (χ2v) is 6.82. The van der Waals surface area contributed by atoms with Crippen molar-refractivity contribution in [3.63, 3.8) is 0 Å². The van der Waals surface area contributed by atoms with Gasteiger partial charge in [0.2, 0.25) is 5.91 Å². The lowest BCUT2D eigenvalue weighted by molar-refractivity contribution is -0.133. The summed E-state index contributed by atoms with van der Waals surface area (Å²) in [7, 11) is 0. The van der Waals surface area contributed by atoms with Crippen LogP contribution < -0.4 is 15.0 Å². The number of carbonyl (C=O) groups excluding carboxylic acids is 2. The summed E-state index contributed by atoms with van der Waals surface area (Å²) in [5, 5.41) is 3.28. The topological polar surface area (TPSA) is 87.3 Å². The first kappa shape index (κ1) is 18.2. The van der Waals surface area contributed by atoms with Crippen LogP contribution in [0.2, 0.25) is 5.02 Å².